The van der Waals surface area contributed by atoms with Crippen LogP contribution in [0.2, 0.25) is 0 Å². The summed E-state index contributed by atoms with van der Waals surface area (Å²) in [7, 11) is 0. The van der Waals surface area contributed by atoms with Crippen molar-refractivity contribution in [3.63, 3.8) is 0 Å². The van der Waals surface area contributed by atoms with Crippen LogP contribution in [0.5, 0.6) is 0 Å². The summed E-state index contributed by atoms with van der Waals surface area (Å²) in [5, 5.41) is 10.2. The quantitative estimate of drug-likeness (QED) is 0.852. The molecule has 0 amide bonds. The summed E-state index contributed by atoms with van der Waals surface area (Å²) >= 11 is 2.03. The fraction of sp³-hybridized carbons (Fsp3) is 0.308. The predicted octanol–water partition coefficient (Wildman–Crippen LogP) is 2.92. The van der Waals surface area contributed by atoms with Gasteiger partial charge in [0.2, 0.25) is 0 Å². The van der Waals surface area contributed by atoms with Gasteiger partial charge in [0.1, 0.15) is 11.6 Å². The molecule has 1 unspecified atom stereocenters. The Kier molecular flexibility index (Phi) is 4.34. The number of nitrogens with zero attached hydrogens (tertiary/aromatic N) is 2. The Morgan fingerprint density at radius 1 is 1.50 bits per heavy atom. The van der Waals surface area contributed by atoms with Gasteiger partial charge in [0.05, 0.1) is 6.10 Å². The molecular weight excluding hydrogens is 346 g/mol. The van der Waals surface area contributed by atoms with E-state index >= 15 is 0 Å². The number of hydrogen-bond donors (Lipinski definition) is 1. The zero-order chi connectivity index (χ0) is 13.1. The van der Waals surface area contributed by atoms with E-state index in [2.05, 4.69) is 4.98 Å². The SMILES string of the molecule is CCn1ccnc1CC(O)c1ccc(F)cc1I. The molecule has 0 aliphatic rings. The summed E-state index contributed by atoms with van der Waals surface area (Å²) in [5.41, 5.74) is 0.739. The number of halogens is 2. The Labute approximate surface area is 119 Å². The Balaban J connectivity index is 2.19. The van der Waals surface area contributed by atoms with Crippen molar-refractivity contribution >= 4 is 22.6 Å². The maximum Gasteiger partial charge on any atom is 0.124 e. The minimum absolute atomic E-state index is 0.287. The lowest BCUT2D eigenvalue weighted by Crippen LogP contribution is -2.09. The monoisotopic (exact) mass is 360 g/mol. The summed E-state index contributed by atoms with van der Waals surface area (Å²) in [6, 6.07) is 4.42. The van der Waals surface area contributed by atoms with Gasteiger partial charge in [-0.1, -0.05) is 6.07 Å². The van der Waals surface area contributed by atoms with Crippen molar-refractivity contribution in [3.8, 4) is 0 Å². The first-order valence-electron chi connectivity index (χ1n) is 5.74. The molecule has 2 rings (SSSR count). The van der Waals surface area contributed by atoms with Gasteiger partial charge in [0.25, 0.3) is 0 Å². The van der Waals surface area contributed by atoms with Gasteiger partial charge in [-0.3, -0.25) is 0 Å². The molecule has 0 radical (unpaired) electrons. The first-order valence-corrected chi connectivity index (χ1v) is 6.82. The second-order valence-corrected chi connectivity index (χ2v) is 5.18. The van der Waals surface area contributed by atoms with E-state index in [1.54, 1.807) is 12.3 Å². The van der Waals surface area contributed by atoms with Gasteiger partial charge in [-0.15, -0.1) is 0 Å². The second-order valence-electron chi connectivity index (χ2n) is 4.02. The van der Waals surface area contributed by atoms with Crippen LogP contribution < -0.4 is 0 Å². The number of benzene rings is 1. The first kappa shape index (κ1) is 13.5. The molecule has 5 heteroatoms. The highest BCUT2D eigenvalue weighted by Gasteiger charge is 2.15. The van der Waals surface area contributed by atoms with Crippen LogP contribution in [0.15, 0.2) is 30.6 Å². The predicted molar refractivity (Wildman–Crippen MR) is 75.7 cm³/mol. The lowest BCUT2D eigenvalue weighted by atomic mass is 10.1. The van der Waals surface area contributed by atoms with Crippen molar-refractivity contribution in [2.45, 2.75) is 26.0 Å². The zero-order valence-corrected chi connectivity index (χ0v) is 12.1. The highest BCUT2D eigenvalue weighted by molar-refractivity contribution is 14.1. The fourth-order valence-electron chi connectivity index (χ4n) is 1.87. The zero-order valence-electron chi connectivity index (χ0n) is 9.98. The third-order valence-corrected chi connectivity index (χ3v) is 3.77. The maximum absolute atomic E-state index is 13.0. The van der Waals surface area contributed by atoms with E-state index < -0.39 is 6.10 Å². The molecular formula is C13H14FIN2O. The second kappa shape index (κ2) is 5.79. The van der Waals surface area contributed by atoms with Crippen LogP contribution >= 0.6 is 22.6 Å². The number of aryl methyl sites for hydroxylation is 1. The molecule has 18 heavy (non-hydrogen) atoms. The average Bonchev–Trinajstić information content (AvgIpc) is 2.76. The highest BCUT2D eigenvalue weighted by Crippen LogP contribution is 2.23. The molecule has 1 aromatic carbocycles. The van der Waals surface area contributed by atoms with E-state index in [1.165, 1.54) is 12.1 Å². The van der Waals surface area contributed by atoms with Crippen molar-refractivity contribution in [1.29, 1.82) is 0 Å². The molecule has 3 nitrogen and oxygen atoms in total. The topological polar surface area (TPSA) is 38.0 Å². The Bertz CT molecular complexity index is 542. The number of aliphatic hydroxyl groups is 1. The molecule has 0 saturated carbocycles. The third kappa shape index (κ3) is 2.89. The number of aromatic nitrogens is 2. The Morgan fingerprint density at radius 2 is 2.28 bits per heavy atom. The minimum Gasteiger partial charge on any atom is -0.388 e. The molecule has 1 aromatic heterocycles. The van der Waals surface area contributed by atoms with E-state index in [0.717, 1.165) is 21.5 Å². The summed E-state index contributed by atoms with van der Waals surface area (Å²) < 4.78 is 15.7. The Hall–Kier alpha value is -0.950. The highest BCUT2D eigenvalue weighted by atomic mass is 127. The van der Waals surface area contributed by atoms with Gasteiger partial charge in [-0.05, 0) is 47.2 Å². The normalized spacial score (nSPS) is 12.7. The van der Waals surface area contributed by atoms with Gasteiger partial charge in [-0.2, -0.15) is 0 Å². The average molecular weight is 360 g/mol. The number of hydrogen-bond acceptors (Lipinski definition) is 2. The van der Waals surface area contributed by atoms with Crippen LogP contribution in [-0.4, -0.2) is 14.7 Å². The van der Waals surface area contributed by atoms with Crippen LogP contribution in [0.25, 0.3) is 0 Å². The summed E-state index contributed by atoms with van der Waals surface area (Å²) in [4.78, 5) is 4.23. The molecule has 0 aliphatic heterocycles. The van der Waals surface area contributed by atoms with Gasteiger partial charge in [0.15, 0.2) is 0 Å². The van der Waals surface area contributed by atoms with Crippen molar-refractivity contribution in [3.05, 3.63) is 51.4 Å². The third-order valence-electron chi connectivity index (χ3n) is 2.84. The molecule has 0 fully saturated rings. The molecule has 96 valence electrons. The van der Waals surface area contributed by atoms with Crippen LogP contribution in [0.4, 0.5) is 4.39 Å². The molecule has 0 spiro atoms. The van der Waals surface area contributed by atoms with Gasteiger partial charge in [-0.25, -0.2) is 9.37 Å². The molecule has 1 N–H and O–H groups in total. The number of aliphatic hydroxyl groups excluding tert-OH is 1. The van der Waals surface area contributed by atoms with Crippen LogP contribution in [-0.2, 0) is 13.0 Å². The lowest BCUT2D eigenvalue weighted by Gasteiger charge is -2.13. The molecule has 0 bridgehead atoms. The number of rotatable bonds is 4. The largest absolute Gasteiger partial charge is 0.388 e. The van der Waals surface area contributed by atoms with Gasteiger partial charge < -0.3 is 9.67 Å². The summed E-state index contributed by atoms with van der Waals surface area (Å²) in [6.07, 6.45) is 3.38. The smallest absolute Gasteiger partial charge is 0.124 e. The summed E-state index contributed by atoms with van der Waals surface area (Å²) in [5.74, 6) is 0.551. The van der Waals surface area contributed by atoms with Crippen LogP contribution in [0.3, 0.4) is 0 Å². The van der Waals surface area contributed by atoms with Crippen molar-refractivity contribution in [2.24, 2.45) is 0 Å². The number of imidazole rings is 1. The van der Waals surface area contributed by atoms with Gasteiger partial charge in [0, 0.05) is 28.9 Å². The van der Waals surface area contributed by atoms with E-state index in [-0.39, 0.29) is 5.82 Å². The standard InChI is InChI=1S/C13H14FIN2O/c1-2-17-6-5-16-13(17)8-12(18)10-4-3-9(14)7-11(10)15/h3-7,12,18H,2,8H2,1H3. The molecule has 2 aromatic rings. The molecule has 0 aliphatic carbocycles. The van der Waals surface area contributed by atoms with E-state index in [4.69, 9.17) is 0 Å². The van der Waals surface area contributed by atoms with Crippen molar-refractivity contribution in [1.82, 2.24) is 9.55 Å². The van der Waals surface area contributed by atoms with Crippen LogP contribution in [0.1, 0.15) is 24.4 Å². The lowest BCUT2D eigenvalue weighted by molar-refractivity contribution is 0.173. The fourth-order valence-corrected chi connectivity index (χ4v) is 2.71. The van der Waals surface area contributed by atoms with Gasteiger partial charge >= 0.3 is 0 Å². The van der Waals surface area contributed by atoms with Crippen molar-refractivity contribution < 1.29 is 9.50 Å². The Morgan fingerprint density at radius 3 is 2.94 bits per heavy atom. The van der Waals surface area contributed by atoms with E-state index in [9.17, 15) is 9.50 Å². The molecule has 0 saturated heterocycles. The van der Waals surface area contributed by atoms with Crippen LogP contribution in [0, 0.1) is 9.39 Å². The van der Waals surface area contributed by atoms with Crippen molar-refractivity contribution in [2.75, 3.05) is 0 Å². The minimum atomic E-state index is -0.662. The maximum atomic E-state index is 13.0. The summed E-state index contributed by atoms with van der Waals surface area (Å²) in [6.45, 7) is 2.85. The van der Waals surface area contributed by atoms with E-state index in [1.807, 2.05) is 40.3 Å². The molecule has 1 heterocycles. The molecule has 1 atom stereocenters. The first-order chi connectivity index (χ1) is 8.61. The van der Waals surface area contributed by atoms with E-state index in [0.29, 0.717) is 6.42 Å².